The van der Waals surface area contributed by atoms with Gasteiger partial charge >= 0.3 is 5.97 Å². The van der Waals surface area contributed by atoms with Crippen molar-refractivity contribution in [3.8, 4) is 0 Å². The fourth-order valence-corrected chi connectivity index (χ4v) is 3.85. The number of sulfonamides is 1. The number of methoxy groups -OCH3 is 1. The summed E-state index contributed by atoms with van der Waals surface area (Å²) in [4.78, 5) is 11.2. The van der Waals surface area contributed by atoms with Crippen LogP contribution in [0.25, 0.3) is 0 Å². The SMILES string of the molecule is COC(=O)CS(=O)(=O)NC(C(N)=S)C1CCCCC1. The molecule has 0 amide bonds. The Labute approximate surface area is 119 Å². The molecule has 3 N–H and O–H groups in total. The number of nitrogens with two attached hydrogens (primary N) is 1. The Morgan fingerprint density at radius 3 is 2.47 bits per heavy atom. The summed E-state index contributed by atoms with van der Waals surface area (Å²) in [5.41, 5.74) is 5.63. The third-order valence-electron chi connectivity index (χ3n) is 3.27. The van der Waals surface area contributed by atoms with Gasteiger partial charge in [0.2, 0.25) is 10.0 Å². The summed E-state index contributed by atoms with van der Waals surface area (Å²) in [6, 6.07) is -0.579. The van der Waals surface area contributed by atoms with Crippen molar-refractivity contribution in [1.29, 1.82) is 0 Å². The second-order valence-electron chi connectivity index (χ2n) is 4.73. The zero-order valence-corrected chi connectivity index (χ0v) is 12.6. The smallest absolute Gasteiger partial charge is 0.322 e. The summed E-state index contributed by atoms with van der Waals surface area (Å²) < 4.78 is 30.4. The first-order valence-electron chi connectivity index (χ1n) is 6.22. The molecule has 0 saturated heterocycles. The number of ether oxygens (including phenoxy) is 1. The standard InChI is InChI=1S/C11H20N2O4S2/c1-17-9(14)7-19(15,16)13-10(11(12)18)8-5-3-2-4-6-8/h8,10,13H,2-7H2,1H3,(H2,12,18). The van der Waals surface area contributed by atoms with Gasteiger partial charge in [0.1, 0.15) is 0 Å². The molecule has 0 aromatic heterocycles. The summed E-state index contributed by atoms with van der Waals surface area (Å²) in [7, 11) is -2.64. The van der Waals surface area contributed by atoms with E-state index in [0.29, 0.717) is 0 Å². The van der Waals surface area contributed by atoms with E-state index in [2.05, 4.69) is 9.46 Å². The van der Waals surface area contributed by atoms with E-state index in [4.69, 9.17) is 18.0 Å². The highest BCUT2D eigenvalue weighted by Gasteiger charge is 2.30. The minimum atomic E-state index is -3.78. The second-order valence-corrected chi connectivity index (χ2v) is 6.96. The van der Waals surface area contributed by atoms with Crippen LogP contribution in [0.3, 0.4) is 0 Å². The van der Waals surface area contributed by atoms with E-state index in [9.17, 15) is 13.2 Å². The third-order valence-corrected chi connectivity index (χ3v) is 4.75. The van der Waals surface area contributed by atoms with Crippen molar-refractivity contribution in [3.63, 3.8) is 0 Å². The largest absolute Gasteiger partial charge is 0.468 e. The maximum Gasteiger partial charge on any atom is 0.322 e. The molecule has 6 nitrogen and oxygen atoms in total. The van der Waals surface area contributed by atoms with Crippen LogP contribution in [0, 0.1) is 5.92 Å². The lowest BCUT2D eigenvalue weighted by atomic mass is 9.84. The fraction of sp³-hybridized carbons (Fsp3) is 0.818. The van der Waals surface area contributed by atoms with Gasteiger partial charge in [-0.05, 0) is 18.8 Å². The summed E-state index contributed by atoms with van der Waals surface area (Å²) in [6.45, 7) is 0. The van der Waals surface area contributed by atoms with Crippen LogP contribution in [0.2, 0.25) is 0 Å². The van der Waals surface area contributed by atoms with Crippen molar-refractivity contribution in [2.24, 2.45) is 11.7 Å². The molecule has 110 valence electrons. The van der Waals surface area contributed by atoms with Crippen LogP contribution >= 0.6 is 12.2 Å². The monoisotopic (exact) mass is 308 g/mol. The Balaban J connectivity index is 2.72. The quantitative estimate of drug-likeness (QED) is 0.541. The molecule has 1 fully saturated rings. The predicted molar refractivity (Wildman–Crippen MR) is 76.1 cm³/mol. The number of nitrogens with one attached hydrogen (secondary N) is 1. The normalized spacial score (nSPS) is 18.8. The summed E-state index contributed by atoms with van der Waals surface area (Å²) in [5, 5.41) is 0. The molecule has 0 aromatic carbocycles. The molecule has 0 aliphatic heterocycles. The first kappa shape index (κ1) is 16.3. The number of thiocarbonyl (C=S) groups is 1. The molecule has 1 aliphatic rings. The molecule has 0 spiro atoms. The molecule has 1 atom stereocenters. The minimum Gasteiger partial charge on any atom is -0.468 e. The van der Waals surface area contributed by atoms with Crippen LogP contribution in [0.4, 0.5) is 0 Å². The van der Waals surface area contributed by atoms with Crippen LogP contribution in [0.15, 0.2) is 0 Å². The van der Waals surface area contributed by atoms with Gasteiger partial charge in [0.05, 0.1) is 18.1 Å². The maximum atomic E-state index is 11.8. The average molecular weight is 308 g/mol. The molecule has 0 bridgehead atoms. The van der Waals surface area contributed by atoms with Crippen LogP contribution in [0.5, 0.6) is 0 Å². The van der Waals surface area contributed by atoms with Gasteiger partial charge in [-0.25, -0.2) is 13.1 Å². The zero-order valence-electron chi connectivity index (χ0n) is 10.9. The Morgan fingerprint density at radius 1 is 1.42 bits per heavy atom. The van der Waals surface area contributed by atoms with Gasteiger partial charge in [-0.1, -0.05) is 31.5 Å². The molecule has 1 rings (SSSR count). The Morgan fingerprint density at radius 2 is 2.00 bits per heavy atom. The molecule has 0 aromatic rings. The molecule has 1 aliphatic carbocycles. The topological polar surface area (TPSA) is 98.5 Å². The Kier molecular flexibility index (Phi) is 6.15. The average Bonchev–Trinajstić information content (AvgIpc) is 2.36. The van der Waals surface area contributed by atoms with Crippen molar-refractivity contribution in [3.05, 3.63) is 0 Å². The van der Waals surface area contributed by atoms with Gasteiger partial charge in [-0.3, -0.25) is 4.79 Å². The van der Waals surface area contributed by atoms with Crippen molar-refractivity contribution in [2.45, 2.75) is 38.1 Å². The highest BCUT2D eigenvalue weighted by Crippen LogP contribution is 2.27. The highest BCUT2D eigenvalue weighted by molar-refractivity contribution is 7.90. The van der Waals surface area contributed by atoms with Gasteiger partial charge < -0.3 is 10.5 Å². The lowest BCUT2D eigenvalue weighted by molar-refractivity contribution is -0.137. The van der Waals surface area contributed by atoms with Crippen LogP contribution in [-0.4, -0.2) is 38.3 Å². The number of hydrogen-bond donors (Lipinski definition) is 2. The van der Waals surface area contributed by atoms with E-state index in [1.54, 1.807) is 0 Å². The van der Waals surface area contributed by atoms with E-state index in [0.717, 1.165) is 39.2 Å². The molecule has 1 saturated carbocycles. The molecular weight excluding hydrogens is 288 g/mol. The first-order chi connectivity index (χ1) is 8.85. The van der Waals surface area contributed by atoms with Gasteiger partial charge in [0, 0.05) is 0 Å². The highest BCUT2D eigenvalue weighted by atomic mass is 32.2. The number of rotatable bonds is 6. The van der Waals surface area contributed by atoms with Crippen molar-refractivity contribution < 1.29 is 17.9 Å². The van der Waals surface area contributed by atoms with Gasteiger partial charge in [0.25, 0.3) is 0 Å². The number of carbonyl (C=O) groups excluding carboxylic acids is 1. The summed E-state index contributed by atoms with van der Waals surface area (Å²) >= 11 is 4.94. The first-order valence-corrected chi connectivity index (χ1v) is 8.28. The van der Waals surface area contributed by atoms with E-state index in [1.165, 1.54) is 0 Å². The second kappa shape index (κ2) is 7.16. The van der Waals surface area contributed by atoms with Crippen molar-refractivity contribution >= 4 is 33.2 Å². The van der Waals surface area contributed by atoms with Crippen LogP contribution in [-0.2, 0) is 19.6 Å². The van der Waals surface area contributed by atoms with Crippen LogP contribution < -0.4 is 10.5 Å². The molecule has 8 heteroatoms. The maximum absolute atomic E-state index is 11.8. The van der Waals surface area contributed by atoms with Gasteiger partial charge in [-0.2, -0.15) is 0 Å². The Hall–Kier alpha value is -0.730. The molecule has 0 radical (unpaired) electrons. The van der Waals surface area contributed by atoms with Gasteiger partial charge in [0.15, 0.2) is 5.75 Å². The fourth-order valence-electron chi connectivity index (χ4n) is 2.30. The van der Waals surface area contributed by atoms with Gasteiger partial charge in [-0.15, -0.1) is 0 Å². The number of carbonyl (C=O) groups is 1. The summed E-state index contributed by atoms with van der Waals surface area (Å²) in [6.07, 6.45) is 5.02. The molecule has 1 unspecified atom stereocenters. The van der Waals surface area contributed by atoms with E-state index >= 15 is 0 Å². The molecule has 19 heavy (non-hydrogen) atoms. The van der Waals surface area contributed by atoms with E-state index < -0.39 is 27.8 Å². The number of hydrogen-bond acceptors (Lipinski definition) is 5. The van der Waals surface area contributed by atoms with Crippen molar-refractivity contribution in [2.75, 3.05) is 12.9 Å². The number of esters is 1. The third kappa shape index (κ3) is 5.42. The Bertz CT molecular complexity index is 430. The van der Waals surface area contributed by atoms with E-state index in [-0.39, 0.29) is 10.9 Å². The molecule has 0 heterocycles. The minimum absolute atomic E-state index is 0.110. The zero-order chi connectivity index (χ0) is 14.5. The molecular formula is C11H20N2O4S2. The lowest BCUT2D eigenvalue weighted by Gasteiger charge is -2.29. The van der Waals surface area contributed by atoms with Crippen LogP contribution in [0.1, 0.15) is 32.1 Å². The van der Waals surface area contributed by atoms with E-state index in [1.807, 2.05) is 0 Å². The summed E-state index contributed by atoms with van der Waals surface area (Å²) in [5.74, 6) is -1.41. The predicted octanol–water partition coefficient (Wildman–Crippen LogP) is 0.314. The van der Waals surface area contributed by atoms with Crippen molar-refractivity contribution in [1.82, 2.24) is 4.72 Å². The lowest BCUT2D eigenvalue weighted by Crippen LogP contribution is -2.50.